The van der Waals surface area contributed by atoms with E-state index in [1.807, 2.05) is 0 Å². The lowest BCUT2D eigenvalue weighted by Crippen LogP contribution is -2.39. The Morgan fingerprint density at radius 2 is 1.59 bits per heavy atom. The van der Waals surface area contributed by atoms with Crippen LogP contribution in [-0.2, 0) is 16.1 Å². The van der Waals surface area contributed by atoms with E-state index in [0.29, 0.717) is 5.56 Å². The molecule has 0 heterocycles. The fourth-order valence-corrected chi connectivity index (χ4v) is 1.87. The number of benzene rings is 2. The fourth-order valence-electron chi connectivity index (χ4n) is 1.87. The van der Waals surface area contributed by atoms with Crippen molar-refractivity contribution in [3.8, 4) is 0 Å². The van der Waals surface area contributed by atoms with Crippen molar-refractivity contribution in [2.45, 2.75) is 19.5 Å². The molecule has 2 aromatic rings. The van der Waals surface area contributed by atoms with E-state index in [2.05, 4.69) is 4.74 Å². The minimum atomic E-state index is -4.20. The maximum absolute atomic E-state index is 13.9. The quantitative estimate of drug-likeness (QED) is 0.482. The summed E-state index contributed by atoms with van der Waals surface area (Å²) in [5.41, 5.74) is 1.19. The second-order valence-electron chi connectivity index (χ2n) is 4.77. The van der Waals surface area contributed by atoms with Crippen molar-refractivity contribution in [1.29, 1.82) is 0 Å². The molecule has 3 nitrogen and oxygen atoms in total. The topological polar surface area (TPSA) is 43.4 Å². The first-order chi connectivity index (χ1) is 10.4. The fraction of sp³-hybridized carbons (Fsp3) is 0.176. The number of hydrogen-bond donors (Lipinski definition) is 0. The molecular formula is C17H14F2O3. The van der Waals surface area contributed by atoms with E-state index in [0.717, 1.165) is 5.56 Å². The van der Waals surface area contributed by atoms with Gasteiger partial charge in [-0.25, -0.2) is 4.79 Å². The zero-order chi connectivity index (χ0) is 16.2. The van der Waals surface area contributed by atoms with Crippen LogP contribution in [0.15, 0.2) is 54.6 Å². The molecule has 0 N–H and O–H groups in total. The molecule has 0 aliphatic heterocycles. The number of aryl methyl sites for hydroxylation is 1. The largest absolute Gasteiger partial charge is 0.456 e. The van der Waals surface area contributed by atoms with Crippen molar-refractivity contribution in [2.24, 2.45) is 0 Å². The van der Waals surface area contributed by atoms with Crippen molar-refractivity contribution in [2.75, 3.05) is 0 Å². The molecule has 0 aromatic heterocycles. The van der Waals surface area contributed by atoms with Gasteiger partial charge in [-0.05, 0) is 18.1 Å². The van der Waals surface area contributed by atoms with Crippen molar-refractivity contribution in [3.05, 3.63) is 71.3 Å². The number of rotatable bonds is 5. The summed E-state index contributed by atoms with van der Waals surface area (Å²) in [7, 11) is 0. The minimum Gasteiger partial charge on any atom is -0.456 e. The summed E-state index contributed by atoms with van der Waals surface area (Å²) in [6.07, 6.45) is 0. The Balaban J connectivity index is 2.08. The summed E-state index contributed by atoms with van der Waals surface area (Å²) >= 11 is 0. The van der Waals surface area contributed by atoms with E-state index < -0.39 is 17.7 Å². The summed E-state index contributed by atoms with van der Waals surface area (Å²) in [5, 5.41) is 0. The summed E-state index contributed by atoms with van der Waals surface area (Å²) in [6, 6.07) is 13.9. The van der Waals surface area contributed by atoms with Crippen molar-refractivity contribution >= 4 is 11.8 Å². The summed E-state index contributed by atoms with van der Waals surface area (Å²) < 4.78 is 32.4. The van der Waals surface area contributed by atoms with Crippen LogP contribution in [0.1, 0.15) is 21.5 Å². The maximum Gasteiger partial charge on any atom is 0.404 e. The Kier molecular flexibility index (Phi) is 4.65. The Hall–Kier alpha value is -2.56. The molecule has 0 fully saturated rings. The van der Waals surface area contributed by atoms with Crippen LogP contribution in [0.5, 0.6) is 0 Å². The number of esters is 1. The Morgan fingerprint density at radius 1 is 1.00 bits per heavy atom. The lowest BCUT2D eigenvalue weighted by Gasteiger charge is -2.14. The number of halogens is 2. The highest BCUT2D eigenvalue weighted by Crippen LogP contribution is 2.23. The van der Waals surface area contributed by atoms with E-state index in [1.165, 1.54) is 24.3 Å². The first-order valence-electron chi connectivity index (χ1n) is 6.62. The predicted molar refractivity (Wildman–Crippen MR) is 76.7 cm³/mol. The summed E-state index contributed by atoms with van der Waals surface area (Å²) in [5.74, 6) is -7.61. The molecular weight excluding hydrogens is 290 g/mol. The van der Waals surface area contributed by atoms with Crippen LogP contribution in [0.25, 0.3) is 0 Å². The molecule has 2 aromatic carbocycles. The third-order valence-electron chi connectivity index (χ3n) is 3.20. The lowest BCUT2D eigenvalue weighted by atomic mass is 10.1. The summed E-state index contributed by atoms with van der Waals surface area (Å²) in [6.45, 7) is 1.47. The second-order valence-corrected chi connectivity index (χ2v) is 4.77. The van der Waals surface area contributed by atoms with E-state index >= 15 is 0 Å². The van der Waals surface area contributed by atoms with Gasteiger partial charge in [-0.3, -0.25) is 4.79 Å². The van der Waals surface area contributed by atoms with E-state index in [1.54, 1.807) is 37.3 Å². The molecule has 0 saturated heterocycles. The molecule has 0 spiro atoms. The third-order valence-corrected chi connectivity index (χ3v) is 3.20. The van der Waals surface area contributed by atoms with Gasteiger partial charge in [-0.1, -0.05) is 54.6 Å². The maximum atomic E-state index is 13.9. The zero-order valence-electron chi connectivity index (χ0n) is 11.9. The Labute approximate surface area is 126 Å². The van der Waals surface area contributed by atoms with Gasteiger partial charge in [0, 0.05) is 5.56 Å². The van der Waals surface area contributed by atoms with Crippen LogP contribution in [0.3, 0.4) is 0 Å². The first kappa shape index (κ1) is 15.8. The number of alkyl halides is 2. The smallest absolute Gasteiger partial charge is 0.404 e. The van der Waals surface area contributed by atoms with Gasteiger partial charge in [0.1, 0.15) is 6.61 Å². The first-order valence-corrected chi connectivity index (χ1v) is 6.62. The summed E-state index contributed by atoms with van der Waals surface area (Å²) in [4.78, 5) is 23.3. The highest BCUT2D eigenvalue weighted by atomic mass is 19.3. The second kappa shape index (κ2) is 6.47. The van der Waals surface area contributed by atoms with E-state index in [4.69, 9.17) is 0 Å². The van der Waals surface area contributed by atoms with Gasteiger partial charge in [-0.2, -0.15) is 8.78 Å². The van der Waals surface area contributed by atoms with Crippen LogP contribution in [0.4, 0.5) is 8.78 Å². The van der Waals surface area contributed by atoms with Gasteiger partial charge in [0.15, 0.2) is 0 Å². The zero-order valence-corrected chi connectivity index (χ0v) is 11.9. The van der Waals surface area contributed by atoms with Gasteiger partial charge < -0.3 is 4.74 Å². The SMILES string of the molecule is Cc1ccccc1COC(=O)C(F)(F)C(=O)c1ccccc1. The standard InChI is InChI=1S/C17H14F2O3/c1-12-7-5-6-10-14(12)11-22-16(21)17(18,19)15(20)13-8-3-2-4-9-13/h2-10H,11H2,1H3. The van der Waals surface area contributed by atoms with Crippen molar-refractivity contribution in [3.63, 3.8) is 0 Å². The predicted octanol–water partition coefficient (Wildman–Crippen LogP) is 3.56. The average molecular weight is 304 g/mol. The van der Waals surface area contributed by atoms with E-state index in [-0.39, 0.29) is 12.2 Å². The monoisotopic (exact) mass is 304 g/mol. The lowest BCUT2D eigenvalue weighted by molar-refractivity contribution is -0.166. The van der Waals surface area contributed by atoms with Crippen molar-refractivity contribution in [1.82, 2.24) is 0 Å². The van der Waals surface area contributed by atoms with Gasteiger partial charge in [0.05, 0.1) is 0 Å². The highest BCUT2D eigenvalue weighted by molar-refractivity contribution is 6.13. The Bertz CT molecular complexity index is 681. The number of ether oxygens (including phenoxy) is 1. The number of hydrogen-bond acceptors (Lipinski definition) is 3. The molecule has 0 bridgehead atoms. The number of carbonyl (C=O) groups excluding carboxylic acids is 2. The average Bonchev–Trinajstić information content (AvgIpc) is 2.53. The van der Waals surface area contributed by atoms with Crippen LogP contribution < -0.4 is 0 Å². The molecule has 0 amide bonds. The molecule has 114 valence electrons. The van der Waals surface area contributed by atoms with Crippen molar-refractivity contribution < 1.29 is 23.1 Å². The third kappa shape index (κ3) is 3.36. The number of Topliss-reactive ketones (excluding diaryl/α,β-unsaturated/α-hetero) is 1. The highest BCUT2D eigenvalue weighted by Gasteiger charge is 2.49. The molecule has 0 unspecified atom stereocenters. The molecule has 0 atom stereocenters. The minimum absolute atomic E-state index is 0.236. The van der Waals surface area contributed by atoms with Gasteiger partial charge in [-0.15, -0.1) is 0 Å². The Morgan fingerprint density at radius 3 is 2.23 bits per heavy atom. The number of ketones is 1. The number of carbonyl (C=O) groups is 2. The van der Waals surface area contributed by atoms with Gasteiger partial charge in [0.2, 0.25) is 5.78 Å². The molecule has 5 heteroatoms. The van der Waals surface area contributed by atoms with Crippen LogP contribution in [-0.4, -0.2) is 17.7 Å². The van der Waals surface area contributed by atoms with Crippen LogP contribution >= 0.6 is 0 Å². The van der Waals surface area contributed by atoms with Gasteiger partial charge >= 0.3 is 11.9 Å². The molecule has 0 saturated carbocycles. The van der Waals surface area contributed by atoms with Crippen LogP contribution in [0.2, 0.25) is 0 Å². The van der Waals surface area contributed by atoms with Crippen LogP contribution in [0, 0.1) is 6.92 Å². The normalized spacial score (nSPS) is 11.0. The molecule has 22 heavy (non-hydrogen) atoms. The van der Waals surface area contributed by atoms with E-state index in [9.17, 15) is 18.4 Å². The van der Waals surface area contributed by atoms with Gasteiger partial charge in [0.25, 0.3) is 0 Å². The molecule has 0 aliphatic carbocycles. The molecule has 0 aliphatic rings. The molecule has 0 radical (unpaired) electrons. The molecule has 2 rings (SSSR count).